The van der Waals surface area contributed by atoms with E-state index in [2.05, 4.69) is 4.98 Å². The lowest BCUT2D eigenvalue weighted by atomic mass is 9.97. The van der Waals surface area contributed by atoms with Gasteiger partial charge in [-0.25, -0.2) is 4.98 Å². The summed E-state index contributed by atoms with van der Waals surface area (Å²) < 4.78 is 10.8. The van der Waals surface area contributed by atoms with Crippen molar-refractivity contribution in [2.45, 2.75) is 33.3 Å². The van der Waals surface area contributed by atoms with Crippen LogP contribution in [0.25, 0.3) is 0 Å². The largest absolute Gasteiger partial charge is 0.487 e. The first kappa shape index (κ1) is 23.7. The number of esters is 1. The number of aromatic nitrogens is 1. The number of rotatable bonds is 8. The molecule has 1 aliphatic rings. The lowest BCUT2D eigenvalue weighted by molar-refractivity contribution is -0.151. The van der Waals surface area contributed by atoms with Crippen molar-refractivity contribution >= 4 is 29.1 Å². The van der Waals surface area contributed by atoms with E-state index in [0.717, 1.165) is 10.7 Å². The van der Waals surface area contributed by atoms with Crippen molar-refractivity contribution in [3.05, 3.63) is 45.9 Å². The first-order chi connectivity index (χ1) is 15.4. The summed E-state index contributed by atoms with van der Waals surface area (Å²) >= 11 is 1.57. The van der Waals surface area contributed by atoms with E-state index in [1.165, 1.54) is 4.90 Å². The van der Waals surface area contributed by atoms with E-state index in [1.807, 2.05) is 12.3 Å². The summed E-state index contributed by atoms with van der Waals surface area (Å²) in [6.45, 7) is 5.45. The van der Waals surface area contributed by atoms with Gasteiger partial charge in [0.05, 0.1) is 29.8 Å². The van der Waals surface area contributed by atoms with Crippen molar-refractivity contribution in [3.8, 4) is 5.75 Å². The third kappa shape index (κ3) is 6.29. The molecule has 2 aromatic rings. The van der Waals surface area contributed by atoms with Gasteiger partial charge in [0.15, 0.2) is 0 Å². The molecule has 1 aromatic heterocycles. The molecule has 2 amide bonds. The third-order valence-electron chi connectivity index (χ3n) is 5.34. The van der Waals surface area contributed by atoms with E-state index in [0.29, 0.717) is 50.5 Å². The van der Waals surface area contributed by atoms with Crippen LogP contribution in [-0.2, 0) is 20.9 Å². The normalized spacial score (nSPS) is 14.2. The molecule has 1 saturated heterocycles. The summed E-state index contributed by atoms with van der Waals surface area (Å²) in [7, 11) is 1.61. The zero-order valence-electron chi connectivity index (χ0n) is 18.7. The second-order valence-corrected chi connectivity index (χ2v) is 8.80. The number of carbonyl (C=O) groups excluding carboxylic acids is 3. The maximum Gasteiger partial charge on any atom is 0.309 e. The summed E-state index contributed by atoms with van der Waals surface area (Å²) in [5.41, 5.74) is 1.36. The number of piperidine rings is 1. The number of amides is 2. The molecule has 8 nitrogen and oxygen atoms in total. The second-order valence-electron chi connectivity index (χ2n) is 7.74. The number of carbonyl (C=O) groups is 3. The predicted molar refractivity (Wildman–Crippen MR) is 121 cm³/mol. The monoisotopic (exact) mass is 459 g/mol. The molecular formula is C23H29N3O5S. The lowest BCUT2D eigenvalue weighted by Gasteiger charge is -2.32. The van der Waals surface area contributed by atoms with Crippen molar-refractivity contribution in [1.82, 2.24) is 14.8 Å². The van der Waals surface area contributed by atoms with Crippen molar-refractivity contribution in [3.63, 3.8) is 0 Å². The number of hydrogen-bond donors (Lipinski definition) is 0. The van der Waals surface area contributed by atoms with E-state index < -0.39 is 0 Å². The number of ether oxygens (including phenoxy) is 2. The summed E-state index contributed by atoms with van der Waals surface area (Å²) in [5.74, 6) is -0.0573. The highest BCUT2D eigenvalue weighted by molar-refractivity contribution is 7.09. The molecule has 0 radical (unpaired) electrons. The number of likely N-dealkylation sites (N-methyl/N-ethyl adjacent to an activating group) is 1. The second kappa shape index (κ2) is 11.1. The van der Waals surface area contributed by atoms with E-state index in [4.69, 9.17) is 9.47 Å². The van der Waals surface area contributed by atoms with Crippen LogP contribution in [0.3, 0.4) is 0 Å². The smallest absolute Gasteiger partial charge is 0.309 e. The average Bonchev–Trinajstić information content (AvgIpc) is 3.22. The number of thiazole rings is 1. The molecule has 9 heteroatoms. The number of benzene rings is 1. The van der Waals surface area contributed by atoms with Gasteiger partial charge in [-0.05, 0) is 51.0 Å². The van der Waals surface area contributed by atoms with Crippen LogP contribution in [0.2, 0.25) is 0 Å². The fraction of sp³-hybridized carbons (Fsp3) is 0.478. The first-order valence-corrected chi connectivity index (χ1v) is 11.6. The highest BCUT2D eigenvalue weighted by Gasteiger charge is 2.29. The maximum atomic E-state index is 12.7. The lowest BCUT2D eigenvalue weighted by Crippen LogP contribution is -2.45. The molecule has 2 heterocycles. The zero-order valence-corrected chi connectivity index (χ0v) is 19.5. The number of nitrogens with zero attached hydrogens (tertiary/aromatic N) is 3. The van der Waals surface area contributed by atoms with Crippen LogP contribution >= 0.6 is 11.3 Å². The van der Waals surface area contributed by atoms with Crippen LogP contribution in [0.1, 0.15) is 40.8 Å². The topological polar surface area (TPSA) is 89.0 Å². The Hall–Kier alpha value is -2.94. The SMILES string of the molecule is CCOC(=O)C1CCN(C(=O)CN(C)C(=O)c2ccc(OCc3csc(C)n3)cc2)CC1. The third-order valence-corrected chi connectivity index (χ3v) is 6.16. The van der Waals surface area contributed by atoms with E-state index in [-0.39, 0.29) is 30.2 Å². The van der Waals surface area contributed by atoms with Crippen LogP contribution in [0.5, 0.6) is 5.75 Å². The highest BCUT2D eigenvalue weighted by atomic mass is 32.1. The van der Waals surface area contributed by atoms with Gasteiger partial charge in [0.2, 0.25) is 5.91 Å². The van der Waals surface area contributed by atoms with Crippen molar-refractivity contribution in [2.24, 2.45) is 5.92 Å². The molecule has 0 N–H and O–H groups in total. The Morgan fingerprint density at radius 2 is 1.88 bits per heavy atom. The van der Waals surface area contributed by atoms with Gasteiger partial charge in [0, 0.05) is 31.1 Å². The van der Waals surface area contributed by atoms with Crippen LogP contribution < -0.4 is 4.74 Å². The van der Waals surface area contributed by atoms with Crippen LogP contribution in [0.4, 0.5) is 0 Å². The predicted octanol–water partition coefficient (Wildman–Crippen LogP) is 2.90. The molecular weight excluding hydrogens is 430 g/mol. The van der Waals surface area contributed by atoms with Crippen LogP contribution in [0, 0.1) is 12.8 Å². The van der Waals surface area contributed by atoms with Crippen LogP contribution in [0.15, 0.2) is 29.6 Å². The molecule has 32 heavy (non-hydrogen) atoms. The van der Waals surface area contributed by atoms with Gasteiger partial charge in [-0.3, -0.25) is 14.4 Å². The minimum Gasteiger partial charge on any atom is -0.487 e. The minimum absolute atomic E-state index is 0.00959. The Morgan fingerprint density at radius 1 is 1.19 bits per heavy atom. The fourth-order valence-electron chi connectivity index (χ4n) is 3.55. The van der Waals surface area contributed by atoms with Gasteiger partial charge >= 0.3 is 5.97 Å². The van der Waals surface area contributed by atoms with Crippen molar-refractivity contribution in [1.29, 1.82) is 0 Å². The standard InChI is InChI=1S/C23H29N3O5S/c1-4-30-23(29)18-9-11-26(12-10-18)21(27)13-25(3)22(28)17-5-7-20(8-6-17)31-14-19-15-32-16(2)24-19/h5-8,15,18H,4,9-14H2,1-3H3. The summed E-state index contributed by atoms with van der Waals surface area (Å²) in [6.07, 6.45) is 1.17. The Bertz CT molecular complexity index is 935. The van der Waals surface area contributed by atoms with Gasteiger partial charge in [-0.1, -0.05) is 0 Å². The highest BCUT2D eigenvalue weighted by Crippen LogP contribution is 2.20. The molecule has 0 unspecified atom stereocenters. The Morgan fingerprint density at radius 3 is 2.47 bits per heavy atom. The minimum atomic E-state index is -0.235. The average molecular weight is 460 g/mol. The van der Waals surface area contributed by atoms with Crippen molar-refractivity contribution < 1.29 is 23.9 Å². The number of aryl methyl sites for hydroxylation is 1. The van der Waals surface area contributed by atoms with E-state index in [1.54, 1.807) is 54.5 Å². The Balaban J connectivity index is 1.46. The zero-order chi connectivity index (χ0) is 23.1. The van der Waals surface area contributed by atoms with E-state index >= 15 is 0 Å². The maximum absolute atomic E-state index is 12.7. The summed E-state index contributed by atoms with van der Waals surface area (Å²) in [6, 6.07) is 6.86. The fourth-order valence-corrected chi connectivity index (χ4v) is 4.14. The van der Waals surface area contributed by atoms with Gasteiger partial charge in [-0.15, -0.1) is 11.3 Å². The summed E-state index contributed by atoms with van der Waals surface area (Å²) in [4.78, 5) is 44.6. The van der Waals surface area contributed by atoms with Crippen LogP contribution in [-0.4, -0.2) is 65.9 Å². The van der Waals surface area contributed by atoms with Gasteiger partial charge < -0.3 is 19.3 Å². The van der Waals surface area contributed by atoms with Gasteiger partial charge in [0.1, 0.15) is 12.4 Å². The Kier molecular flexibility index (Phi) is 8.21. The van der Waals surface area contributed by atoms with Gasteiger partial charge in [-0.2, -0.15) is 0 Å². The van der Waals surface area contributed by atoms with E-state index in [9.17, 15) is 14.4 Å². The summed E-state index contributed by atoms with van der Waals surface area (Å²) in [5, 5.41) is 2.95. The quantitative estimate of drug-likeness (QED) is 0.564. The molecule has 0 bridgehead atoms. The molecule has 172 valence electrons. The van der Waals surface area contributed by atoms with Gasteiger partial charge in [0.25, 0.3) is 5.91 Å². The Labute approximate surface area is 192 Å². The molecule has 1 aromatic carbocycles. The number of hydrogen-bond acceptors (Lipinski definition) is 7. The molecule has 1 aliphatic heterocycles. The molecule has 0 atom stereocenters. The molecule has 0 aliphatic carbocycles. The molecule has 1 fully saturated rings. The number of likely N-dealkylation sites (tertiary alicyclic amines) is 1. The first-order valence-electron chi connectivity index (χ1n) is 10.7. The molecule has 0 saturated carbocycles. The molecule has 0 spiro atoms. The van der Waals surface area contributed by atoms with Crippen molar-refractivity contribution in [2.75, 3.05) is 33.3 Å². The molecule has 3 rings (SSSR count).